The lowest BCUT2D eigenvalue weighted by atomic mass is 10.0. The number of aliphatic hydroxyl groups excluding tert-OH is 4. The van der Waals surface area contributed by atoms with Crippen LogP contribution in [0, 0.1) is 0 Å². The third-order valence-electron chi connectivity index (χ3n) is 2.06. The zero-order valence-corrected chi connectivity index (χ0v) is 8.24. The Morgan fingerprint density at radius 2 is 1.60 bits per heavy atom. The maximum absolute atomic E-state index is 10.4. The monoisotopic (exact) mass is 243 g/mol. The minimum Gasteiger partial charge on any atom is -0.748 e. The van der Waals surface area contributed by atoms with Crippen molar-refractivity contribution in [1.29, 1.82) is 0 Å². The number of hydrogen-bond donors (Lipinski definition) is 4. The standard InChI is InChI=1S/C6H12O8S/c7-3-2(1-15(11,12)13)14-6(10)5(9)4(3)8/h2-10H,1H2,(H,11,12,13)/p-1/t2-,3+,4+,5-,6+/m1/s1. The van der Waals surface area contributed by atoms with Gasteiger partial charge in [-0.1, -0.05) is 0 Å². The maximum Gasteiger partial charge on any atom is 0.183 e. The van der Waals surface area contributed by atoms with Crippen molar-refractivity contribution in [1.82, 2.24) is 0 Å². The van der Waals surface area contributed by atoms with E-state index in [0.717, 1.165) is 0 Å². The van der Waals surface area contributed by atoms with Gasteiger partial charge in [-0.2, -0.15) is 0 Å². The van der Waals surface area contributed by atoms with Gasteiger partial charge in [0.1, 0.15) is 24.4 Å². The first kappa shape index (κ1) is 12.8. The quantitative estimate of drug-likeness (QED) is 0.363. The highest BCUT2D eigenvalue weighted by atomic mass is 32.2. The molecule has 1 aliphatic heterocycles. The lowest BCUT2D eigenvalue weighted by Gasteiger charge is -2.38. The summed E-state index contributed by atoms with van der Waals surface area (Å²) >= 11 is 0. The molecule has 1 fully saturated rings. The second-order valence-electron chi connectivity index (χ2n) is 3.26. The van der Waals surface area contributed by atoms with Crippen molar-refractivity contribution >= 4 is 10.1 Å². The minimum atomic E-state index is -4.66. The molecule has 0 saturated carbocycles. The molecule has 0 unspecified atom stereocenters. The average molecular weight is 243 g/mol. The molecular weight excluding hydrogens is 232 g/mol. The predicted octanol–water partition coefficient (Wildman–Crippen LogP) is -3.67. The molecule has 0 amide bonds. The third kappa shape index (κ3) is 3.08. The zero-order chi connectivity index (χ0) is 11.8. The van der Waals surface area contributed by atoms with Crippen molar-refractivity contribution in [2.24, 2.45) is 0 Å². The van der Waals surface area contributed by atoms with Crippen LogP contribution in [-0.4, -0.2) is 69.9 Å². The summed E-state index contributed by atoms with van der Waals surface area (Å²) < 4.78 is 35.6. The molecule has 9 heteroatoms. The molecule has 0 aromatic carbocycles. The Bertz CT molecular complexity index is 313. The topological polar surface area (TPSA) is 147 Å². The van der Waals surface area contributed by atoms with Crippen molar-refractivity contribution in [3.63, 3.8) is 0 Å². The van der Waals surface area contributed by atoms with E-state index >= 15 is 0 Å². The summed E-state index contributed by atoms with van der Waals surface area (Å²) in [7, 11) is -4.66. The van der Waals surface area contributed by atoms with E-state index in [9.17, 15) is 18.1 Å². The molecule has 0 radical (unpaired) electrons. The highest BCUT2D eigenvalue weighted by molar-refractivity contribution is 7.85. The number of hydrogen-bond acceptors (Lipinski definition) is 8. The van der Waals surface area contributed by atoms with Gasteiger partial charge in [-0.05, 0) is 0 Å². The van der Waals surface area contributed by atoms with E-state index in [-0.39, 0.29) is 0 Å². The van der Waals surface area contributed by atoms with Gasteiger partial charge in [-0.25, -0.2) is 8.42 Å². The van der Waals surface area contributed by atoms with Gasteiger partial charge in [0.25, 0.3) is 0 Å². The molecule has 1 aliphatic rings. The minimum absolute atomic E-state index is 1.09. The normalized spacial score (nSPS) is 42.9. The molecule has 0 spiro atoms. The van der Waals surface area contributed by atoms with Crippen molar-refractivity contribution in [2.75, 3.05) is 5.75 Å². The second kappa shape index (κ2) is 4.29. The van der Waals surface area contributed by atoms with E-state index in [1.807, 2.05) is 0 Å². The zero-order valence-electron chi connectivity index (χ0n) is 7.42. The van der Waals surface area contributed by atoms with E-state index in [0.29, 0.717) is 0 Å². The van der Waals surface area contributed by atoms with Gasteiger partial charge >= 0.3 is 0 Å². The van der Waals surface area contributed by atoms with Crippen LogP contribution in [0.2, 0.25) is 0 Å². The van der Waals surface area contributed by atoms with Gasteiger partial charge in [-0.3, -0.25) is 0 Å². The van der Waals surface area contributed by atoms with Crippen molar-refractivity contribution in [3.8, 4) is 0 Å². The average Bonchev–Trinajstić information content (AvgIpc) is 2.08. The Morgan fingerprint density at radius 3 is 2.07 bits per heavy atom. The SMILES string of the molecule is O=S(=O)([O-])C[C@H]1O[C@H](O)[C@H](O)[C@@H](O)[C@H]1O. The van der Waals surface area contributed by atoms with Crippen LogP contribution in [0.4, 0.5) is 0 Å². The summed E-state index contributed by atoms with van der Waals surface area (Å²) in [6.07, 6.45) is -8.64. The summed E-state index contributed by atoms with van der Waals surface area (Å²) in [5.74, 6) is -1.09. The lowest BCUT2D eigenvalue weighted by molar-refractivity contribution is -0.276. The van der Waals surface area contributed by atoms with E-state index < -0.39 is 46.6 Å². The van der Waals surface area contributed by atoms with Gasteiger partial charge in [0.05, 0.1) is 15.9 Å². The van der Waals surface area contributed by atoms with E-state index in [1.165, 1.54) is 0 Å². The van der Waals surface area contributed by atoms with Crippen molar-refractivity contribution in [2.45, 2.75) is 30.7 Å². The summed E-state index contributed by atoms with van der Waals surface area (Å²) in [4.78, 5) is 0. The Balaban J connectivity index is 2.75. The van der Waals surface area contributed by atoms with Gasteiger partial charge < -0.3 is 29.7 Å². The van der Waals surface area contributed by atoms with Crippen LogP contribution in [-0.2, 0) is 14.9 Å². The molecule has 4 N–H and O–H groups in total. The van der Waals surface area contributed by atoms with Crippen molar-refractivity contribution in [3.05, 3.63) is 0 Å². The van der Waals surface area contributed by atoms with Crippen LogP contribution >= 0.6 is 0 Å². The molecule has 1 saturated heterocycles. The Hall–Kier alpha value is -0.290. The third-order valence-corrected chi connectivity index (χ3v) is 2.79. The van der Waals surface area contributed by atoms with Crippen LogP contribution in [0.5, 0.6) is 0 Å². The molecule has 0 aliphatic carbocycles. The van der Waals surface area contributed by atoms with Crippen LogP contribution in [0.3, 0.4) is 0 Å². The number of ether oxygens (including phenoxy) is 1. The summed E-state index contributed by atoms with van der Waals surface area (Å²) in [5, 5.41) is 36.4. The highest BCUT2D eigenvalue weighted by Gasteiger charge is 2.43. The van der Waals surface area contributed by atoms with Gasteiger partial charge in [-0.15, -0.1) is 0 Å². The molecule has 90 valence electrons. The van der Waals surface area contributed by atoms with E-state index in [2.05, 4.69) is 4.74 Å². The first-order valence-corrected chi connectivity index (χ1v) is 5.61. The van der Waals surface area contributed by atoms with Crippen molar-refractivity contribution < 1.29 is 38.1 Å². The summed E-state index contributed by atoms with van der Waals surface area (Å²) in [5.41, 5.74) is 0. The van der Waals surface area contributed by atoms with Gasteiger partial charge in [0.15, 0.2) is 6.29 Å². The maximum atomic E-state index is 10.4. The number of rotatable bonds is 2. The molecular formula is C6H11O8S-. The largest absolute Gasteiger partial charge is 0.748 e. The lowest BCUT2D eigenvalue weighted by Crippen LogP contribution is -2.59. The predicted molar refractivity (Wildman–Crippen MR) is 43.5 cm³/mol. The van der Waals surface area contributed by atoms with Crippen LogP contribution in [0.1, 0.15) is 0 Å². The van der Waals surface area contributed by atoms with E-state index in [1.54, 1.807) is 0 Å². The molecule has 1 heterocycles. The Morgan fingerprint density at radius 1 is 1.07 bits per heavy atom. The summed E-state index contributed by atoms with van der Waals surface area (Å²) in [6.45, 7) is 0. The second-order valence-corrected chi connectivity index (χ2v) is 4.71. The fourth-order valence-electron chi connectivity index (χ4n) is 1.27. The van der Waals surface area contributed by atoms with Crippen LogP contribution in [0.15, 0.2) is 0 Å². The molecule has 1 rings (SSSR count). The molecule has 0 aromatic heterocycles. The van der Waals surface area contributed by atoms with E-state index in [4.69, 9.17) is 15.3 Å². The Labute approximate surface area is 85.5 Å². The van der Waals surface area contributed by atoms with Gasteiger partial charge in [0.2, 0.25) is 0 Å². The molecule has 15 heavy (non-hydrogen) atoms. The first-order chi connectivity index (χ1) is 6.72. The first-order valence-electron chi connectivity index (χ1n) is 4.03. The molecule has 5 atom stereocenters. The number of aliphatic hydroxyl groups is 4. The summed E-state index contributed by atoms with van der Waals surface area (Å²) in [6, 6.07) is 0. The molecule has 8 nitrogen and oxygen atoms in total. The van der Waals surface area contributed by atoms with Crippen LogP contribution < -0.4 is 0 Å². The Kier molecular flexibility index (Phi) is 3.66. The fraction of sp³-hybridized carbons (Fsp3) is 1.00. The van der Waals surface area contributed by atoms with Crippen LogP contribution in [0.25, 0.3) is 0 Å². The fourth-order valence-corrected chi connectivity index (χ4v) is 1.95. The molecule has 0 bridgehead atoms. The highest BCUT2D eigenvalue weighted by Crippen LogP contribution is 2.20. The van der Waals surface area contributed by atoms with Gasteiger partial charge in [0, 0.05) is 0 Å². The molecule has 0 aromatic rings. The smallest absolute Gasteiger partial charge is 0.183 e.